The van der Waals surface area contributed by atoms with E-state index in [-0.39, 0.29) is 11.9 Å². The molecule has 2 unspecified atom stereocenters. The summed E-state index contributed by atoms with van der Waals surface area (Å²) in [6, 6.07) is 3.01. The Hall–Kier alpha value is -3.38. The van der Waals surface area contributed by atoms with Gasteiger partial charge in [0.25, 0.3) is 0 Å². The van der Waals surface area contributed by atoms with E-state index in [9.17, 15) is 23.1 Å². The molecule has 0 aromatic carbocycles. The van der Waals surface area contributed by atoms with Crippen LogP contribution in [0.2, 0.25) is 0 Å². The molecule has 0 radical (unpaired) electrons. The molecule has 2 amide bonds. The maximum absolute atomic E-state index is 12.6. The van der Waals surface area contributed by atoms with Gasteiger partial charge in [0.15, 0.2) is 0 Å². The van der Waals surface area contributed by atoms with Crippen molar-refractivity contribution in [3.05, 3.63) is 42.5 Å². The van der Waals surface area contributed by atoms with Gasteiger partial charge in [-0.3, -0.25) is 10.3 Å². The van der Waals surface area contributed by atoms with Gasteiger partial charge < -0.3 is 25.6 Å². The first-order valence-electron chi connectivity index (χ1n) is 12.3. The fourth-order valence-electron chi connectivity index (χ4n) is 4.41. The zero-order valence-electron chi connectivity index (χ0n) is 20.8. The molecular formula is C25H32F3N7O2. The Labute approximate surface area is 212 Å². The number of amides is 2. The van der Waals surface area contributed by atoms with Gasteiger partial charge in [-0.1, -0.05) is 13.8 Å². The lowest BCUT2D eigenvalue weighted by Crippen LogP contribution is -2.49. The van der Waals surface area contributed by atoms with Crippen LogP contribution in [0.5, 0.6) is 0 Å². The molecule has 200 valence electrons. The van der Waals surface area contributed by atoms with Crippen LogP contribution in [-0.2, 0) is 6.54 Å². The van der Waals surface area contributed by atoms with E-state index in [2.05, 4.69) is 30.9 Å². The summed E-state index contributed by atoms with van der Waals surface area (Å²) in [7, 11) is 0. The maximum Gasteiger partial charge on any atom is 0.401 e. The predicted molar refractivity (Wildman–Crippen MR) is 135 cm³/mol. The first kappa shape index (κ1) is 26.7. The number of urea groups is 1. The van der Waals surface area contributed by atoms with Crippen molar-refractivity contribution in [3.8, 4) is 11.1 Å². The zero-order chi connectivity index (χ0) is 26.6. The number of rotatable bonds is 9. The van der Waals surface area contributed by atoms with Gasteiger partial charge in [-0.05, 0) is 36.5 Å². The number of likely N-dealkylation sites (tertiary alicyclic amines) is 1. The lowest BCUT2D eigenvalue weighted by Gasteiger charge is -2.29. The number of fused-ring (bicyclic) bond motifs is 1. The summed E-state index contributed by atoms with van der Waals surface area (Å²) in [6.45, 7) is 4.22. The fourth-order valence-corrected chi connectivity index (χ4v) is 4.41. The van der Waals surface area contributed by atoms with Crippen LogP contribution < -0.4 is 16.0 Å². The van der Waals surface area contributed by atoms with Gasteiger partial charge in [0.05, 0.1) is 18.3 Å². The predicted octanol–water partition coefficient (Wildman–Crippen LogP) is 3.84. The Bertz CT molecular complexity index is 1210. The van der Waals surface area contributed by atoms with Gasteiger partial charge in [0.1, 0.15) is 11.9 Å². The normalized spacial score (nSPS) is 15.8. The summed E-state index contributed by atoms with van der Waals surface area (Å²) in [4.78, 5) is 26.0. The van der Waals surface area contributed by atoms with Crippen molar-refractivity contribution in [3.63, 3.8) is 0 Å². The van der Waals surface area contributed by atoms with E-state index in [0.717, 1.165) is 48.0 Å². The monoisotopic (exact) mass is 519 g/mol. The number of nitrogens with one attached hydrogen (secondary N) is 4. The zero-order valence-corrected chi connectivity index (χ0v) is 20.8. The lowest BCUT2D eigenvalue weighted by atomic mass is 10.0. The molecule has 1 aliphatic heterocycles. The first-order chi connectivity index (χ1) is 17.6. The number of halogens is 3. The van der Waals surface area contributed by atoms with E-state index in [0.29, 0.717) is 17.9 Å². The number of aliphatic hydroxyl groups excluding tert-OH is 1. The number of aromatic nitrogens is 3. The molecule has 3 aromatic heterocycles. The number of nitrogens with zero attached hydrogens (tertiary/aromatic N) is 3. The van der Waals surface area contributed by atoms with Gasteiger partial charge in [-0.25, -0.2) is 9.78 Å². The fraction of sp³-hybridized carbons (Fsp3) is 0.480. The molecule has 1 fully saturated rings. The minimum Gasteiger partial charge on any atom is -0.377 e. The molecule has 1 aliphatic rings. The van der Waals surface area contributed by atoms with Crippen LogP contribution in [0.15, 0.2) is 36.9 Å². The highest BCUT2D eigenvalue weighted by molar-refractivity contribution is 5.94. The van der Waals surface area contributed by atoms with Crippen molar-refractivity contribution in [1.82, 2.24) is 30.5 Å². The van der Waals surface area contributed by atoms with Crippen LogP contribution in [0.1, 0.15) is 32.3 Å². The number of H-pyrrole nitrogens is 1. The minimum atomic E-state index is -4.43. The van der Waals surface area contributed by atoms with E-state index < -0.39 is 25.0 Å². The Morgan fingerprint density at radius 3 is 2.65 bits per heavy atom. The van der Waals surface area contributed by atoms with Gasteiger partial charge >= 0.3 is 12.2 Å². The molecule has 37 heavy (non-hydrogen) atoms. The Morgan fingerprint density at radius 1 is 1.19 bits per heavy atom. The smallest absolute Gasteiger partial charge is 0.377 e. The number of aliphatic hydroxyl groups is 1. The molecule has 0 spiro atoms. The van der Waals surface area contributed by atoms with E-state index in [1.165, 1.54) is 0 Å². The second-order valence-electron chi connectivity index (χ2n) is 9.61. The average Bonchev–Trinajstić information content (AvgIpc) is 3.54. The maximum atomic E-state index is 12.6. The molecule has 4 heterocycles. The third-order valence-corrected chi connectivity index (χ3v) is 6.38. The molecule has 0 saturated carbocycles. The second kappa shape index (κ2) is 11.3. The van der Waals surface area contributed by atoms with Gasteiger partial charge in [0, 0.05) is 60.9 Å². The first-order valence-corrected chi connectivity index (χ1v) is 12.3. The summed E-state index contributed by atoms with van der Waals surface area (Å²) < 4.78 is 37.8. The number of carbonyl (C=O) groups excluding carboxylic acids is 1. The van der Waals surface area contributed by atoms with E-state index >= 15 is 0 Å². The number of hydrogen-bond donors (Lipinski definition) is 5. The molecule has 9 nitrogen and oxygen atoms in total. The Kier molecular flexibility index (Phi) is 8.18. The number of pyridine rings is 2. The molecule has 2 atom stereocenters. The quantitative estimate of drug-likeness (QED) is 0.274. The number of hydrogen-bond acceptors (Lipinski definition) is 6. The van der Waals surface area contributed by atoms with Crippen LogP contribution in [-0.4, -0.2) is 69.1 Å². The van der Waals surface area contributed by atoms with Crippen LogP contribution in [0.4, 0.5) is 23.7 Å². The molecule has 0 aliphatic carbocycles. The van der Waals surface area contributed by atoms with E-state index in [1.807, 2.05) is 32.2 Å². The van der Waals surface area contributed by atoms with Gasteiger partial charge in [-0.2, -0.15) is 13.2 Å². The number of aromatic amines is 1. The van der Waals surface area contributed by atoms with Crippen LogP contribution in [0.25, 0.3) is 22.2 Å². The molecule has 3 aromatic rings. The van der Waals surface area contributed by atoms with Crippen molar-refractivity contribution in [2.75, 3.05) is 25.0 Å². The number of alkyl halides is 3. The second-order valence-corrected chi connectivity index (χ2v) is 9.61. The SMILES string of the molecule is CC(C)C(Nc1cncc(-c2c[nH]c3ncc(CNC(=O)N4CCCC4)cc23)c1)C(O)NCC(F)(F)F. The minimum absolute atomic E-state index is 0.0820. The number of anilines is 1. The standard InChI is InChI=1S/C25H32F3N7O2/c1-15(2)21(23(36)33-14-25(26,27)28)34-18-8-17(11-29-12-18)20-13-31-22-19(20)7-16(9-30-22)10-32-24(37)35-5-3-4-6-35/h7-9,11-13,15,21,23,33-34,36H,3-6,10,14H2,1-2H3,(H,30,31)(H,32,37). The molecule has 0 bridgehead atoms. The van der Waals surface area contributed by atoms with Crippen molar-refractivity contribution in [2.45, 2.75) is 51.7 Å². The highest BCUT2D eigenvalue weighted by Gasteiger charge is 2.31. The summed E-state index contributed by atoms with van der Waals surface area (Å²) in [5.41, 5.74) is 3.68. The van der Waals surface area contributed by atoms with Gasteiger partial charge in [0.2, 0.25) is 0 Å². The molecular weight excluding hydrogens is 487 g/mol. The summed E-state index contributed by atoms with van der Waals surface area (Å²) >= 11 is 0. The third kappa shape index (κ3) is 6.89. The van der Waals surface area contributed by atoms with E-state index in [1.54, 1.807) is 23.5 Å². The molecule has 5 N–H and O–H groups in total. The largest absolute Gasteiger partial charge is 0.401 e. The summed E-state index contributed by atoms with van der Waals surface area (Å²) in [5, 5.41) is 19.4. The highest BCUT2D eigenvalue weighted by Crippen LogP contribution is 2.30. The van der Waals surface area contributed by atoms with Crippen LogP contribution >= 0.6 is 0 Å². The molecule has 1 saturated heterocycles. The summed E-state index contributed by atoms with van der Waals surface area (Å²) in [5.74, 6) is -0.171. The molecule has 12 heteroatoms. The van der Waals surface area contributed by atoms with E-state index in [4.69, 9.17) is 0 Å². The molecule has 4 rings (SSSR count). The van der Waals surface area contributed by atoms with Crippen LogP contribution in [0, 0.1) is 5.92 Å². The van der Waals surface area contributed by atoms with Crippen molar-refractivity contribution in [2.24, 2.45) is 5.92 Å². The Balaban J connectivity index is 1.49. The van der Waals surface area contributed by atoms with Crippen LogP contribution in [0.3, 0.4) is 0 Å². The van der Waals surface area contributed by atoms with Gasteiger partial charge in [-0.15, -0.1) is 0 Å². The highest BCUT2D eigenvalue weighted by atomic mass is 19.4. The number of carbonyl (C=O) groups is 1. The average molecular weight is 520 g/mol. The van der Waals surface area contributed by atoms with Crippen molar-refractivity contribution in [1.29, 1.82) is 0 Å². The van der Waals surface area contributed by atoms with Crippen molar-refractivity contribution >= 4 is 22.8 Å². The van der Waals surface area contributed by atoms with Crippen molar-refractivity contribution < 1.29 is 23.1 Å². The summed E-state index contributed by atoms with van der Waals surface area (Å²) in [6.07, 6.45) is 2.97. The Morgan fingerprint density at radius 2 is 1.95 bits per heavy atom. The lowest BCUT2D eigenvalue weighted by molar-refractivity contribution is -0.132. The third-order valence-electron chi connectivity index (χ3n) is 6.38. The topological polar surface area (TPSA) is 118 Å².